The maximum absolute atomic E-state index is 3.79. The van der Waals surface area contributed by atoms with E-state index in [-0.39, 0.29) is 0 Å². The summed E-state index contributed by atoms with van der Waals surface area (Å²) in [4.78, 5) is 0. The molecule has 0 saturated carbocycles. The van der Waals surface area contributed by atoms with Crippen molar-refractivity contribution in [2.75, 3.05) is 0 Å². The van der Waals surface area contributed by atoms with Gasteiger partial charge in [0.2, 0.25) is 0 Å². The molecule has 2 aromatic rings. The number of unbranched alkanes of at least 4 members (excludes halogenated alkanes) is 17. The van der Waals surface area contributed by atoms with E-state index in [1.165, 1.54) is 138 Å². The lowest BCUT2D eigenvalue weighted by molar-refractivity contribution is 0.526. The Morgan fingerprint density at radius 1 is 0.484 bits per heavy atom. The van der Waals surface area contributed by atoms with Gasteiger partial charge < -0.3 is 0 Å². The molecule has 0 amide bonds. The summed E-state index contributed by atoms with van der Waals surface area (Å²) in [6.45, 7) is 3.79. The predicted octanol–water partition coefficient (Wildman–Crippen LogP) is 10.6. The number of hydrogen-bond acceptors (Lipinski definition) is 0. The van der Waals surface area contributed by atoms with E-state index >= 15 is 0 Å². The minimum Gasteiger partial charge on any atom is -0.103 e. The van der Waals surface area contributed by atoms with Crippen molar-refractivity contribution in [1.29, 1.82) is 0 Å². The molecule has 0 atom stereocenters. The zero-order valence-electron chi connectivity index (χ0n) is 20.3. The normalized spacial score (nSPS) is 11.2. The van der Waals surface area contributed by atoms with Gasteiger partial charge in [0.15, 0.2) is 0 Å². The number of benzene rings is 2. The minimum absolute atomic E-state index is 1.20. The zero-order valence-corrected chi connectivity index (χ0v) is 20.3. The van der Waals surface area contributed by atoms with E-state index in [4.69, 9.17) is 0 Å². The minimum atomic E-state index is 1.20. The summed E-state index contributed by atoms with van der Waals surface area (Å²) in [6, 6.07) is 15.6. The number of fused-ring (bicyclic) bond motifs is 1. The Balaban J connectivity index is 1.32. The first-order valence-electron chi connectivity index (χ1n) is 13.5. The molecule has 2 aromatic carbocycles. The van der Waals surface area contributed by atoms with Crippen LogP contribution in [0.15, 0.2) is 55.1 Å². The summed E-state index contributed by atoms with van der Waals surface area (Å²) >= 11 is 0. The Kier molecular flexibility index (Phi) is 15.0. The molecule has 0 nitrogen and oxygen atoms in total. The monoisotopic (exact) mass is 420 g/mol. The van der Waals surface area contributed by atoms with Gasteiger partial charge in [0.25, 0.3) is 0 Å². The van der Waals surface area contributed by atoms with Crippen LogP contribution in [0.1, 0.15) is 121 Å². The second kappa shape index (κ2) is 18.1. The molecule has 0 spiro atoms. The van der Waals surface area contributed by atoms with Crippen LogP contribution in [0.4, 0.5) is 0 Å². The van der Waals surface area contributed by atoms with Crippen LogP contribution in [-0.2, 0) is 6.42 Å². The first kappa shape index (κ1) is 25.7. The van der Waals surface area contributed by atoms with Gasteiger partial charge >= 0.3 is 0 Å². The van der Waals surface area contributed by atoms with E-state index in [2.05, 4.69) is 55.1 Å². The standard InChI is InChI=1S/C31H48/c1-2-3-4-5-6-7-8-9-10-11-12-13-14-15-16-17-18-19-20-24-29-26-23-27-30-25-21-22-28-31(29)30/h2,21-23,25-28H,1,3-20,24H2. The Morgan fingerprint density at radius 2 is 0.935 bits per heavy atom. The van der Waals surface area contributed by atoms with Gasteiger partial charge in [-0.1, -0.05) is 145 Å². The summed E-state index contributed by atoms with van der Waals surface area (Å²) in [5, 5.41) is 2.83. The second-order valence-corrected chi connectivity index (χ2v) is 9.48. The van der Waals surface area contributed by atoms with Crippen molar-refractivity contribution < 1.29 is 0 Å². The molecule has 0 fully saturated rings. The molecule has 0 aromatic heterocycles. The molecule has 0 aliphatic heterocycles. The van der Waals surface area contributed by atoms with Crippen LogP contribution in [0, 0.1) is 0 Å². The lowest BCUT2D eigenvalue weighted by atomic mass is 9.99. The third-order valence-corrected chi connectivity index (χ3v) is 6.73. The van der Waals surface area contributed by atoms with Crippen molar-refractivity contribution >= 4 is 10.8 Å². The van der Waals surface area contributed by atoms with E-state index in [9.17, 15) is 0 Å². The highest BCUT2D eigenvalue weighted by molar-refractivity contribution is 5.85. The molecule has 2 rings (SSSR count). The topological polar surface area (TPSA) is 0 Å². The van der Waals surface area contributed by atoms with Crippen molar-refractivity contribution in [3.8, 4) is 0 Å². The lowest BCUT2D eigenvalue weighted by Gasteiger charge is -2.07. The molecule has 0 heterocycles. The molecule has 0 N–H and O–H groups in total. The van der Waals surface area contributed by atoms with Crippen molar-refractivity contribution in [2.24, 2.45) is 0 Å². The van der Waals surface area contributed by atoms with E-state index in [1.807, 2.05) is 0 Å². The van der Waals surface area contributed by atoms with Gasteiger partial charge in [0.05, 0.1) is 0 Å². The van der Waals surface area contributed by atoms with Crippen LogP contribution in [0.2, 0.25) is 0 Å². The molecule has 0 bridgehead atoms. The fourth-order valence-electron chi connectivity index (χ4n) is 4.77. The lowest BCUT2D eigenvalue weighted by Crippen LogP contribution is -1.88. The first-order chi connectivity index (χ1) is 15.4. The van der Waals surface area contributed by atoms with Crippen molar-refractivity contribution in [1.82, 2.24) is 0 Å². The summed E-state index contributed by atoms with van der Waals surface area (Å²) in [6.07, 6.45) is 28.8. The maximum Gasteiger partial charge on any atom is -0.0152 e. The SMILES string of the molecule is C=CCCCCCCCCCCCCCCCCCCCc1cccc2ccccc12. The second-order valence-electron chi connectivity index (χ2n) is 9.48. The molecule has 0 radical (unpaired) electrons. The highest BCUT2D eigenvalue weighted by atomic mass is 14.1. The van der Waals surface area contributed by atoms with Crippen LogP contribution in [0.5, 0.6) is 0 Å². The predicted molar refractivity (Wildman–Crippen MR) is 141 cm³/mol. The molecule has 31 heavy (non-hydrogen) atoms. The summed E-state index contributed by atoms with van der Waals surface area (Å²) < 4.78 is 0. The van der Waals surface area contributed by atoms with Gasteiger partial charge in [-0.05, 0) is 42.0 Å². The van der Waals surface area contributed by atoms with Crippen LogP contribution < -0.4 is 0 Å². The van der Waals surface area contributed by atoms with E-state index in [0.717, 1.165) is 0 Å². The van der Waals surface area contributed by atoms with Crippen LogP contribution >= 0.6 is 0 Å². The van der Waals surface area contributed by atoms with Gasteiger partial charge in [0.1, 0.15) is 0 Å². The molecule has 0 aliphatic carbocycles. The maximum atomic E-state index is 3.79. The van der Waals surface area contributed by atoms with E-state index in [1.54, 1.807) is 0 Å². The molecule has 0 aliphatic rings. The van der Waals surface area contributed by atoms with Crippen molar-refractivity contribution in [2.45, 2.75) is 122 Å². The van der Waals surface area contributed by atoms with Gasteiger partial charge in [-0.25, -0.2) is 0 Å². The smallest absolute Gasteiger partial charge is 0.0152 e. The quantitative estimate of drug-likeness (QED) is 0.147. The van der Waals surface area contributed by atoms with Crippen LogP contribution in [0.3, 0.4) is 0 Å². The Labute approximate surface area is 193 Å². The molecule has 0 heteroatoms. The molecular weight excluding hydrogens is 372 g/mol. The van der Waals surface area contributed by atoms with Crippen molar-refractivity contribution in [3.05, 3.63) is 60.7 Å². The summed E-state index contributed by atoms with van der Waals surface area (Å²) in [5.74, 6) is 0. The summed E-state index contributed by atoms with van der Waals surface area (Å²) in [5.41, 5.74) is 1.53. The largest absolute Gasteiger partial charge is 0.103 e. The average Bonchev–Trinajstić information content (AvgIpc) is 2.80. The van der Waals surface area contributed by atoms with Gasteiger partial charge in [-0.2, -0.15) is 0 Å². The number of hydrogen-bond donors (Lipinski definition) is 0. The first-order valence-corrected chi connectivity index (χ1v) is 13.5. The van der Waals surface area contributed by atoms with Crippen LogP contribution in [0.25, 0.3) is 10.8 Å². The Morgan fingerprint density at radius 3 is 1.48 bits per heavy atom. The van der Waals surface area contributed by atoms with Crippen molar-refractivity contribution in [3.63, 3.8) is 0 Å². The number of allylic oxidation sites excluding steroid dienone is 1. The third-order valence-electron chi connectivity index (χ3n) is 6.73. The molecule has 0 unspecified atom stereocenters. The fraction of sp³-hybridized carbons (Fsp3) is 0.613. The Hall–Kier alpha value is -1.56. The van der Waals surface area contributed by atoms with Crippen LogP contribution in [-0.4, -0.2) is 0 Å². The number of aryl methyl sites for hydroxylation is 1. The van der Waals surface area contributed by atoms with E-state index in [0.29, 0.717) is 0 Å². The molecule has 0 saturated heterocycles. The highest BCUT2D eigenvalue weighted by Crippen LogP contribution is 2.21. The summed E-state index contributed by atoms with van der Waals surface area (Å²) in [7, 11) is 0. The average molecular weight is 421 g/mol. The van der Waals surface area contributed by atoms with E-state index < -0.39 is 0 Å². The fourth-order valence-corrected chi connectivity index (χ4v) is 4.77. The highest BCUT2D eigenvalue weighted by Gasteiger charge is 2.00. The number of rotatable bonds is 20. The Bertz CT molecular complexity index is 678. The molecule has 172 valence electrons. The molecular formula is C31H48. The zero-order chi connectivity index (χ0) is 21.8. The van der Waals surface area contributed by atoms with Gasteiger partial charge in [-0.15, -0.1) is 6.58 Å². The van der Waals surface area contributed by atoms with Gasteiger partial charge in [-0.3, -0.25) is 0 Å². The van der Waals surface area contributed by atoms with Gasteiger partial charge in [0, 0.05) is 0 Å². The third kappa shape index (κ3) is 12.2.